The van der Waals surface area contributed by atoms with Gasteiger partial charge in [0.05, 0.1) is 0 Å². The Hall–Kier alpha value is -1.63. The maximum Gasteiger partial charge on any atom is 0.212 e. The third kappa shape index (κ3) is 4.22. The largest absolute Gasteiger partial charge is 0.212 e. The van der Waals surface area contributed by atoms with E-state index in [1.807, 2.05) is 0 Å². The van der Waals surface area contributed by atoms with E-state index in [1.54, 1.807) is 0 Å². The van der Waals surface area contributed by atoms with E-state index in [1.165, 1.54) is 40.8 Å². The molecular weight excluding hydrogens is 278 g/mol. The number of aryl methyl sites for hydroxylation is 2. The first-order valence-corrected chi connectivity index (χ1v) is 9.05. The zero-order valence-electron chi connectivity index (χ0n) is 15.7. The predicted octanol–water partition coefficient (Wildman–Crippen LogP) is 5.59. The van der Waals surface area contributed by atoms with Crippen molar-refractivity contribution >= 4 is 0 Å². The Bertz CT molecular complexity index is 651. The Labute approximate surface area is 142 Å². The lowest BCUT2D eigenvalue weighted by Crippen LogP contribution is -2.31. The maximum absolute atomic E-state index is 2.39. The summed E-state index contributed by atoms with van der Waals surface area (Å²) in [6.45, 7) is 11.4. The Morgan fingerprint density at radius 1 is 1.00 bits per heavy atom. The van der Waals surface area contributed by atoms with Crippen molar-refractivity contribution in [3.8, 4) is 11.3 Å². The van der Waals surface area contributed by atoms with E-state index in [2.05, 4.69) is 82.8 Å². The van der Waals surface area contributed by atoms with Crippen molar-refractivity contribution in [2.24, 2.45) is 13.0 Å². The summed E-state index contributed by atoms with van der Waals surface area (Å²) in [5.41, 5.74) is 6.96. The van der Waals surface area contributed by atoms with Crippen molar-refractivity contribution in [3.05, 3.63) is 53.2 Å². The average Bonchev–Trinajstić information content (AvgIpc) is 2.50. The summed E-state index contributed by atoms with van der Waals surface area (Å²) in [6.07, 6.45) is 5.78. The van der Waals surface area contributed by atoms with Crippen LogP contribution in [-0.4, -0.2) is 0 Å². The standard InChI is InChI=1S/C22H32N/c1-7-19(8-2)20-11-12-23(6)22(15-20)21-10-9-18(13-16(3)4)14-17(21)5/h9-12,14-16,19H,7-8,13H2,1-6H3/q+1. The van der Waals surface area contributed by atoms with E-state index < -0.39 is 0 Å². The molecule has 0 amide bonds. The molecule has 0 fully saturated rings. The molecule has 124 valence electrons. The zero-order chi connectivity index (χ0) is 17.0. The molecule has 1 nitrogen and oxygen atoms in total. The number of rotatable bonds is 6. The minimum Gasteiger partial charge on any atom is -0.201 e. The molecule has 1 heteroatoms. The second-order valence-electron chi connectivity index (χ2n) is 7.22. The number of hydrogen-bond acceptors (Lipinski definition) is 0. The minimum absolute atomic E-state index is 0.662. The molecule has 1 heterocycles. The van der Waals surface area contributed by atoms with Gasteiger partial charge >= 0.3 is 0 Å². The van der Waals surface area contributed by atoms with Crippen LogP contribution in [0.3, 0.4) is 0 Å². The van der Waals surface area contributed by atoms with Crippen LogP contribution in [0.1, 0.15) is 63.1 Å². The van der Waals surface area contributed by atoms with Gasteiger partial charge in [-0.1, -0.05) is 39.8 Å². The molecule has 0 saturated carbocycles. The number of benzene rings is 1. The number of hydrogen-bond donors (Lipinski definition) is 0. The quantitative estimate of drug-likeness (QED) is 0.612. The zero-order valence-corrected chi connectivity index (χ0v) is 15.7. The third-order valence-electron chi connectivity index (χ3n) is 4.84. The van der Waals surface area contributed by atoms with Crippen molar-refractivity contribution < 1.29 is 4.57 Å². The van der Waals surface area contributed by atoms with Gasteiger partial charge in [-0.25, -0.2) is 4.57 Å². The molecule has 0 spiro atoms. The molecule has 0 aliphatic carbocycles. The molecule has 1 aromatic carbocycles. The van der Waals surface area contributed by atoms with Crippen LogP contribution in [0, 0.1) is 12.8 Å². The van der Waals surface area contributed by atoms with E-state index in [0.29, 0.717) is 11.8 Å². The average molecular weight is 311 g/mol. The molecule has 2 aromatic rings. The van der Waals surface area contributed by atoms with Crippen LogP contribution in [0.25, 0.3) is 11.3 Å². The van der Waals surface area contributed by atoms with Crippen LogP contribution in [0.4, 0.5) is 0 Å². The molecule has 0 N–H and O–H groups in total. The molecule has 0 unspecified atom stereocenters. The van der Waals surface area contributed by atoms with Crippen LogP contribution < -0.4 is 4.57 Å². The van der Waals surface area contributed by atoms with E-state index in [4.69, 9.17) is 0 Å². The summed E-state index contributed by atoms with van der Waals surface area (Å²) in [4.78, 5) is 0. The molecular formula is C22H32N+. The van der Waals surface area contributed by atoms with Crippen molar-refractivity contribution in [2.45, 2.75) is 59.8 Å². The van der Waals surface area contributed by atoms with Crippen molar-refractivity contribution in [1.29, 1.82) is 0 Å². The maximum atomic E-state index is 2.39. The van der Waals surface area contributed by atoms with Gasteiger partial charge in [0.2, 0.25) is 5.69 Å². The van der Waals surface area contributed by atoms with Crippen molar-refractivity contribution in [2.75, 3.05) is 0 Å². The Morgan fingerprint density at radius 2 is 1.70 bits per heavy atom. The van der Waals surface area contributed by atoms with Crippen LogP contribution in [0.15, 0.2) is 36.5 Å². The van der Waals surface area contributed by atoms with Crippen LogP contribution in [0.2, 0.25) is 0 Å². The Kier molecular flexibility index (Phi) is 5.98. The van der Waals surface area contributed by atoms with Crippen molar-refractivity contribution in [1.82, 2.24) is 0 Å². The van der Waals surface area contributed by atoms with Crippen LogP contribution in [0.5, 0.6) is 0 Å². The van der Waals surface area contributed by atoms with E-state index >= 15 is 0 Å². The number of pyridine rings is 1. The van der Waals surface area contributed by atoms with Gasteiger partial charge < -0.3 is 0 Å². The Balaban J connectivity index is 2.43. The van der Waals surface area contributed by atoms with E-state index in [-0.39, 0.29) is 0 Å². The van der Waals surface area contributed by atoms with Gasteiger partial charge in [-0.15, -0.1) is 0 Å². The lowest BCUT2D eigenvalue weighted by atomic mass is 9.92. The van der Waals surface area contributed by atoms with Crippen LogP contribution in [-0.2, 0) is 13.5 Å². The van der Waals surface area contributed by atoms with E-state index in [9.17, 15) is 0 Å². The first kappa shape index (κ1) is 17.7. The summed E-state index contributed by atoms with van der Waals surface area (Å²) >= 11 is 0. The number of nitrogens with zero attached hydrogens (tertiary/aromatic N) is 1. The second kappa shape index (κ2) is 7.77. The fourth-order valence-electron chi connectivity index (χ4n) is 3.48. The van der Waals surface area contributed by atoms with Gasteiger partial charge in [-0.05, 0) is 60.8 Å². The lowest BCUT2D eigenvalue weighted by Gasteiger charge is -2.14. The highest BCUT2D eigenvalue weighted by molar-refractivity contribution is 5.62. The fourth-order valence-corrected chi connectivity index (χ4v) is 3.48. The first-order chi connectivity index (χ1) is 11.0. The van der Waals surface area contributed by atoms with Gasteiger partial charge in [-0.2, -0.15) is 0 Å². The smallest absolute Gasteiger partial charge is 0.201 e. The third-order valence-corrected chi connectivity index (χ3v) is 4.84. The monoisotopic (exact) mass is 310 g/mol. The van der Waals surface area contributed by atoms with Crippen LogP contribution >= 0.6 is 0 Å². The highest BCUT2D eigenvalue weighted by Crippen LogP contribution is 2.28. The molecule has 0 aliphatic heterocycles. The van der Waals surface area contributed by atoms with Gasteiger partial charge in [0.25, 0.3) is 0 Å². The van der Waals surface area contributed by atoms with Gasteiger partial charge in [0.15, 0.2) is 6.20 Å². The summed E-state index contributed by atoms with van der Waals surface area (Å²) < 4.78 is 2.25. The van der Waals surface area contributed by atoms with E-state index in [0.717, 1.165) is 6.42 Å². The molecule has 0 bridgehead atoms. The molecule has 1 aromatic heterocycles. The SMILES string of the molecule is CCC(CC)c1cc[n+](C)c(-c2ccc(CC(C)C)cc2C)c1. The highest BCUT2D eigenvalue weighted by Gasteiger charge is 2.16. The fraction of sp³-hybridized carbons (Fsp3) is 0.500. The highest BCUT2D eigenvalue weighted by atomic mass is 14.9. The molecule has 23 heavy (non-hydrogen) atoms. The van der Waals surface area contributed by atoms with Gasteiger partial charge in [-0.3, -0.25) is 0 Å². The second-order valence-corrected chi connectivity index (χ2v) is 7.22. The lowest BCUT2D eigenvalue weighted by molar-refractivity contribution is -0.660. The molecule has 0 aliphatic rings. The molecule has 0 saturated heterocycles. The van der Waals surface area contributed by atoms with Gasteiger partial charge in [0, 0.05) is 17.7 Å². The summed E-state index contributed by atoms with van der Waals surface area (Å²) in [5.74, 6) is 1.37. The summed E-state index contributed by atoms with van der Waals surface area (Å²) in [5, 5.41) is 0. The minimum atomic E-state index is 0.662. The normalized spacial score (nSPS) is 11.5. The molecule has 0 radical (unpaired) electrons. The first-order valence-electron chi connectivity index (χ1n) is 9.05. The number of aromatic nitrogens is 1. The van der Waals surface area contributed by atoms with Crippen molar-refractivity contribution in [3.63, 3.8) is 0 Å². The topological polar surface area (TPSA) is 3.88 Å². The summed E-state index contributed by atoms with van der Waals surface area (Å²) in [6, 6.07) is 11.6. The predicted molar refractivity (Wildman–Crippen MR) is 99.7 cm³/mol. The molecule has 0 atom stereocenters. The van der Waals surface area contributed by atoms with Gasteiger partial charge in [0.1, 0.15) is 7.05 Å². The molecule has 2 rings (SSSR count). The summed E-state index contributed by atoms with van der Waals surface area (Å²) in [7, 11) is 2.15. The Morgan fingerprint density at radius 3 is 2.26 bits per heavy atom.